The number of fused-ring (bicyclic) bond motifs is 2. The van der Waals surface area contributed by atoms with Crippen molar-refractivity contribution in [3.63, 3.8) is 0 Å². The summed E-state index contributed by atoms with van der Waals surface area (Å²) in [5, 5.41) is 0. The monoisotopic (exact) mass is 224 g/mol. The van der Waals surface area contributed by atoms with Gasteiger partial charge in [-0.2, -0.15) is 0 Å². The van der Waals surface area contributed by atoms with Gasteiger partial charge in [0.2, 0.25) is 0 Å². The number of Topliss-reactive ketones (excluding diaryl/α,β-unsaturated/α-hetero) is 1. The van der Waals surface area contributed by atoms with Crippen LogP contribution in [0.15, 0.2) is 0 Å². The van der Waals surface area contributed by atoms with Crippen LogP contribution in [0, 0.1) is 16.7 Å². The molecule has 3 heteroatoms. The van der Waals surface area contributed by atoms with E-state index in [1.54, 1.807) is 0 Å². The van der Waals surface area contributed by atoms with Crippen LogP contribution in [-0.2, 0) is 14.3 Å². The molecule has 90 valence electrons. The number of ether oxygens (including phenoxy) is 1. The van der Waals surface area contributed by atoms with E-state index in [2.05, 4.69) is 18.6 Å². The third kappa shape index (κ3) is 1.33. The van der Waals surface area contributed by atoms with E-state index in [1.165, 1.54) is 7.11 Å². The third-order valence-electron chi connectivity index (χ3n) is 5.28. The normalized spacial score (nSPS) is 41.4. The van der Waals surface area contributed by atoms with E-state index in [4.69, 9.17) is 0 Å². The number of hydrogen-bond acceptors (Lipinski definition) is 3. The Bertz CT molecular complexity index is 336. The first-order valence-corrected chi connectivity index (χ1v) is 6.04. The lowest BCUT2D eigenvalue weighted by Crippen LogP contribution is -2.35. The topological polar surface area (TPSA) is 43.4 Å². The molecule has 2 aliphatic carbocycles. The molecule has 0 aliphatic heterocycles. The SMILES string of the molecule is COC(=O)CC[C@]1(C)[C@@H]2CC[C@@]1(C)C(=O)C2. The van der Waals surface area contributed by atoms with E-state index in [0.29, 0.717) is 24.5 Å². The van der Waals surface area contributed by atoms with Gasteiger partial charge in [-0.3, -0.25) is 9.59 Å². The van der Waals surface area contributed by atoms with Gasteiger partial charge in [-0.15, -0.1) is 0 Å². The number of esters is 1. The van der Waals surface area contributed by atoms with E-state index in [1.807, 2.05) is 0 Å². The summed E-state index contributed by atoms with van der Waals surface area (Å²) in [5.74, 6) is 0.717. The number of hydrogen-bond donors (Lipinski definition) is 0. The van der Waals surface area contributed by atoms with Gasteiger partial charge < -0.3 is 4.74 Å². The molecular weight excluding hydrogens is 204 g/mol. The maximum absolute atomic E-state index is 12.0. The van der Waals surface area contributed by atoms with Crippen LogP contribution in [-0.4, -0.2) is 18.9 Å². The Balaban J connectivity index is 2.13. The first-order chi connectivity index (χ1) is 7.44. The Morgan fingerprint density at radius 2 is 2.19 bits per heavy atom. The molecule has 0 aromatic rings. The lowest BCUT2D eigenvalue weighted by atomic mass is 9.66. The molecular formula is C13H20O3. The molecule has 3 atom stereocenters. The summed E-state index contributed by atoms with van der Waals surface area (Å²) in [6, 6.07) is 0. The largest absolute Gasteiger partial charge is 0.469 e. The van der Waals surface area contributed by atoms with Crippen LogP contribution in [0.2, 0.25) is 0 Å². The Morgan fingerprint density at radius 1 is 1.50 bits per heavy atom. The molecule has 2 saturated carbocycles. The highest BCUT2D eigenvalue weighted by molar-refractivity contribution is 5.89. The molecule has 0 heterocycles. The average Bonchev–Trinajstić information content (AvgIpc) is 2.61. The molecule has 0 amide bonds. The lowest BCUT2D eigenvalue weighted by Gasteiger charge is -2.36. The fraction of sp³-hybridized carbons (Fsp3) is 0.846. The van der Waals surface area contributed by atoms with E-state index in [-0.39, 0.29) is 16.8 Å². The molecule has 0 aromatic carbocycles. The van der Waals surface area contributed by atoms with Crippen LogP contribution in [0.5, 0.6) is 0 Å². The van der Waals surface area contributed by atoms with Crippen molar-refractivity contribution in [3.05, 3.63) is 0 Å². The number of carbonyl (C=O) groups excluding carboxylic acids is 2. The van der Waals surface area contributed by atoms with Gasteiger partial charge in [0.05, 0.1) is 7.11 Å². The van der Waals surface area contributed by atoms with Crippen LogP contribution in [0.1, 0.15) is 46.0 Å². The minimum atomic E-state index is -0.189. The summed E-state index contributed by atoms with van der Waals surface area (Å²) in [4.78, 5) is 23.2. The average molecular weight is 224 g/mol. The fourth-order valence-corrected chi connectivity index (χ4v) is 3.70. The molecule has 2 bridgehead atoms. The maximum Gasteiger partial charge on any atom is 0.305 e. The molecule has 0 N–H and O–H groups in total. The molecule has 2 rings (SSSR count). The predicted octanol–water partition coefficient (Wildman–Crippen LogP) is 2.33. The first-order valence-electron chi connectivity index (χ1n) is 6.04. The number of methoxy groups -OCH3 is 1. The van der Waals surface area contributed by atoms with Gasteiger partial charge in [0.15, 0.2) is 0 Å². The Kier molecular flexibility index (Phi) is 2.59. The molecule has 0 spiro atoms. The van der Waals surface area contributed by atoms with Crippen molar-refractivity contribution < 1.29 is 14.3 Å². The highest BCUT2D eigenvalue weighted by Gasteiger charge is 2.63. The fourth-order valence-electron chi connectivity index (χ4n) is 3.70. The zero-order chi connectivity index (χ0) is 12.0. The molecule has 2 fully saturated rings. The molecule has 2 aliphatic rings. The molecule has 0 radical (unpaired) electrons. The van der Waals surface area contributed by atoms with Crippen molar-refractivity contribution in [1.29, 1.82) is 0 Å². The van der Waals surface area contributed by atoms with Crippen LogP contribution in [0.4, 0.5) is 0 Å². The smallest absolute Gasteiger partial charge is 0.305 e. The Labute approximate surface area is 96.5 Å². The standard InChI is InChI=1S/C13H20O3/c1-12(7-5-11(15)16-3)9-4-6-13(12,2)10(14)8-9/h9H,4-8H2,1-3H3/t9-,12-,13+/m1/s1. The second kappa shape index (κ2) is 3.57. The summed E-state index contributed by atoms with van der Waals surface area (Å²) in [5.41, 5.74) is -0.177. The van der Waals surface area contributed by atoms with Crippen molar-refractivity contribution in [3.8, 4) is 0 Å². The van der Waals surface area contributed by atoms with E-state index < -0.39 is 0 Å². The number of carbonyl (C=O) groups is 2. The van der Waals surface area contributed by atoms with Gasteiger partial charge in [0.25, 0.3) is 0 Å². The summed E-state index contributed by atoms with van der Waals surface area (Å²) in [7, 11) is 1.42. The maximum atomic E-state index is 12.0. The molecule has 3 nitrogen and oxygen atoms in total. The van der Waals surface area contributed by atoms with E-state index in [0.717, 1.165) is 19.3 Å². The first kappa shape index (κ1) is 11.6. The van der Waals surface area contributed by atoms with Gasteiger partial charge in [-0.05, 0) is 30.6 Å². The van der Waals surface area contributed by atoms with Gasteiger partial charge in [-0.1, -0.05) is 13.8 Å². The summed E-state index contributed by atoms with van der Waals surface area (Å²) in [6.45, 7) is 4.26. The summed E-state index contributed by atoms with van der Waals surface area (Å²) < 4.78 is 4.68. The number of ketones is 1. The highest BCUT2D eigenvalue weighted by atomic mass is 16.5. The highest BCUT2D eigenvalue weighted by Crippen LogP contribution is 2.65. The van der Waals surface area contributed by atoms with Crippen molar-refractivity contribution in [1.82, 2.24) is 0 Å². The summed E-state index contributed by atoms with van der Waals surface area (Å²) >= 11 is 0. The third-order valence-corrected chi connectivity index (χ3v) is 5.28. The zero-order valence-corrected chi connectivity index (χ0v) is 10.3. The number of rotatable bonds is 3. The molecule has 0 saturated heterocycles. The molecule has 16 heavy (non-hydrogen) atoms. The van der Waals surface area contributed by atoms with Crippen LogP contribution in [0.3, 0.4) is 0 Å². The molecule has 0 unspecified atom stereocenters. The summed E-state index contributed by atoms with van der Waals surface area (Å²) in [6.07, 6.45) is 4.07. The van der Waals surface area contributed by atoms with Crippen molar-refractivity contribution in [2.75, 3.05) is 7.11 Å². The van der Waals surface area contributed by atoms with Crippen molar-refractivity contribution >= 4 is 11.8 Å². The van der Waals surface area contributed by atoms with Gasteiger partial charge in [0, 0.05) is 18.3 Å². The van der Waals surface area contributed by atoms with Crippen molar-refractivity contribution in [2.45, 2.75) is 46.0 Å². The van der Waals surface area contributed by atoms with Crippen molar-refractivity contribution in [2.24, 2.45) is 16.7 Å². The van der Waals surface area contributed by atoms with Gasteiger partial charge >= 0.3 is 5.97 Å². The zero-order valence-electron chi connectivity index (χ0n) is 10.3. The Morgan fingerprint density at radius 3 is 2.62 bits per heavy atom. The van der Waals surface area contributed by atoms with E-state index >= 15 is 0 Å². The van der Waals surface area contributed by atoms with Crippen LogP contribution < -0.4 is 0 Å². The van der Waals surface area contributed by atoms with E-state index in [9.17, 15) is 9.59 Å². The minimum absolute atomic E-state index is 0.0122. The molecule has 0 aromatic heterocycles. The quantitative estimate of drug-likeness (QED) is 0.691. The Hall–Kier alpha value is -0.860. The van der Waals surface area contributed by atoms with Crippen LogP contribution >= 0.6 is 0 Å². The van der Waals surface area contributed by atoms with Crippen LogP contribution in [0.25, 0.3) is 0 Å². The second-order valence-corrected chi connectivity index (χ2v) is 5.69. The van der Waals surface area contributed by atoms with Gasteiger partial charge in [0.1, 0.15) is 5.78 Å². The second-order valence-electron chi connectivity index (χ2n) is 5.69. The minimum Gasteiger partial charge on any atom is -0.469 e. The predicted molar refractivity (Wildman–Crippen MR) is 59.8 cm³/mol. The van der Waals surface area contributed by atoms with Gasteiger partial charge in [-0.25, -0.2) is 0 Å². The lowest BCUT2D eigenvalue weighted by molar-refractivity contribution is -0.142.